The van der Waals surface area contributed by atoms with Crippen LogP contribution in [0, 0.1) is 6.92 Å². The third kappa shape index (κ3) is 2.90. The summed E-state index contributed by atoms with van der Waals surface area (Å²) in [7, 11) is 0. The van der Waals surface area contributed by atoms with Crippen molar-refractivity contribution in [2.75, 3.05) is 5.32 Å². The van der Waals surface area contributed by atoms with Gasteiger partial charge in [-0.3, -0.25) is 4.79 Å². The number of hydrogen-bond donors (Lipinski definition) is 2. The summed E-state index contributed by atoms with van der Waals surface area (Å²) in [6.07, 6.45) is 0. The molecule has 4 heteroatoms. The van der Waals surface area contributed by atoms with Crippen molar-refractivity contribution in [3.63, 3.8) is 0 Å². The molecule has 0 unspecified atom stereocenters. The van der Waals surface area contributed by atoms with Gasteiger partial charge in [0.1, 0.15) is 5.75 Å². The summed E-state index contributed by atoms with van der Waals surface area (Å²) >= 11 is 3.31. The lowest BCUT2D eigenvalue weighted by Gasteiger charge is -2.07. The number of benzene rings is 2. The predicted octanol–water partition coefficient (Wildman–Crippen LogP) is 3.72. The molecule has 3 nitrogen and oxygen atoms in total. The molecule has 0 spiro atoms. The molecule has 92 valence electrons. The Morgan fingerprint density at radius 1 is 1.17 bits per heavy atom. The maximum atomic E-state index is 11.9. The Morgan fingerprint density at radius 2 is 1.83 bits per heavy atom. The van der Waals surface area contributed by atoms with Crippen LogP contribution < -0.4 is 5.32 Å². The largest absolute Gasteiger partial charge is 0.508 e. The van der Waals surface area contributed by atoms with Crippen molar-refractivity contribution >= 4 is 27.5 Å². The molecule has 0 saturated carbocycles. The summed E-state index contributed by atoms with van der Waals surface area (Å²) in [6, 6.07) is 12.1. The van der Waals surface area contributed by atoms with Crippen molar-refractivity contribution in [2.45, 2.75) is 6.92 Å². The lowest BCUT2D eigenvalue weighted by Crippen LogP contribution is -2.11. The number of hydrogen-bond acceptors (Lipinski definition) is 2. The van der Waals surface area contributed by atoms with Gasteiger partial charge < -0.3 is 10.4 Å². The summed E-state index contributed by atoms with van der Waals surface area (Å²) in [6.45, 7) is 1.80. The highest BCUT2D eigenvalue weighted by Crippen LogP contribution is 2.21. The fraction of sp³-hybridized carbons (Fsp3) is 0.0714. The van der Waals surface area contributed by atoms with Crippen molar-refractivity contribution in [1.82, 2.24) is 0 Å². The monoisotopic (exact) mass is 305 g/mol. The molecule has 0 aromatic heterocycles. The van der Waals surface area contributed by atoms with Crippen LogP contribution in [0.5, 0.6) is 5.75 Å². The van der Waals surface area contributed by atoms with Crippen LogP contribution in [0.3, 0.4) is 0 Å². The van der Waals surface area contributed by atoms with E-state index < -0.39 is 0 Å². The molecule has 0 saturated heterocycles. The van der Waals surface area contributed by atoms with Crippen molar-refractivity contribution in [1.29, 1.82) is 0 Å². The van der Waals surface area contributed by atoms with Crippen molar-refractivity contribution in [3.8, 4) is 5.75 Å². The number of rotatable bonds is 2. The van der Waals surface area contributed by atoms with E-state index in [2.05, 4.69) is 21.2 Å². The number of halogens is 1. The average Bonchev–Trinajstić information content (AvgIpc) is 2.34. The maximum absolute atomic E-state index is 11.9. The van der Waals surface area contributed by atoms with Crippen LogP contribution in [0.25, 0.3) is 0 Å². The minimum Gasteiger partial charge on any atom is -0.508 e. The number of phenols is 1. The zero-order valence-corrected chi connectivity index (χ0v) is 11.4. The van der Waals surface area contributed by atoms with Gasteiger partial charge in [-0.2, -0.15) is 0 Å². The molecule has 0 aliphatic heterocycles. The Bertz CT molecular complexity index is 579. The van der Waals surface area contributed by atoms with Gasteiger partial charge in [0.2, 0.25) is 0 Å². The van der Waals surface area contributed by atoms with Gasteiger partial charge in [-0.05, 0) is 42.8 Å². The topological polar surface area (TPSA) is 49.3 Å². The van der Waals surface area contributed by atoms with Crippen LogP contribution in [0.15, 0.2) is 46.9 Å². The van der Waals surface area contributed by atoms with Crippen LogP contribution in [-0.4, -0.2) is 11.0 Å². The Balaban J connectivity index is 2.16. The fourth-order valence-electron chi connectivity index (χ4n) is 1.49. The van der Waals surface area contributed by atoms with Gasteiger partial charge in [-0.15, -0.1) is 0 Å². The Hall–Kier alpha value is -1.81. The van der Waals surface area contributed by atoms with Gasteiger partial charge in [-0.25, -0.2) is 0 Å². The van der Waals surface area contributed by atoms with Crippen molar-refractivity contribution < 1.29 is 9.90 Å². The first-order chi connectivity index (χ1) is 8.56. The number of nitrogens with one attached hydrogen (secondary N) is 1. The second kappa shape index (κ2) is 5.23. The van der Waals surface area contributed by atoms with E-state index in [0.29, 0.717) is 11.3 Å². The molecule has 2 rings (SSSR count). The number of carbonyl (C=O) groups is 1. The highest BCUT2D eigenvalue weighted by Gasteiger charge is 2.06. The summed E-state index contributed by atoms with van der Waals surface area (Å²) in [5.74, 6) is -0.0330. The van der Waals surface area contributed by atoms with E-state index in [1.165, 1.54) is 6.07 Å². The van der Waals surface area contributed by atoms with Crippen molar-refractivity contribution in [2.24, 2.45) is 0 Å². The van der Waals surface area contributed by atoms with Crippen LogP contribution in [-0.2, 0) is 0 Å². The number of phenolic OH excluding ortho intramolecular Hbond substituents is 1. The molecule has 2 N–H and O–H groups in total. The van der Waals surface area contributed by atoms with Gasteiger partial charge in [0.05, 0.1) is 0 Å². The van der Waals surface area contributed by atoms with Crippen LogP contribution in [0.1, 0.15) is 15.9 Å². The highest BCUT2D eigenvalue weighted by atomic mass is 79.9. The van der Waals surface area contributed by atoms with E-state index >= 15 is 0 Å². The number of carbonyl (C=O) groups excluding carboxylic acids is 1. The summed E-state index contributed by atoms with van der Waals surface area (Å²) in [5.41, 5.74) is 1.92. The second-order valence-corrected chi connectivity index (χ2v) is 4.88. The predicted molar refractivity (Wildman–Crippen MR) is 74.9 cm³/mol. The van der Waals surface area contributed by atoms with Crippen LogP contribution in [0.2, 0.25) is 0 Å². The highest BCUT2D eigenvalue weighted by molar-refractivity contribution is 9.10. The SMILES string of the molecule is Cc1ccc(NC(=O)c2ccc(Br)cc2)cc1O. The number of aromatic hydroxyl groups is 1. The van der Waals surface area contributed by atoms with E-state index in [-0.39, 0.29) is 11.7 Å². The summed E-state index contributed by atoms with van der Waals surface area (Å²) in [5, 5.41) is 12.3. The third-order valence-electron chi connectivity index (χ3n) is 2.57. The molecule has 1 amide bonds. The molecular formula is C14H12BrNO2. The standard InChI is InChI=1S/C14H12BrNO2/c1-9-2-7-12(8-13(9)17)16-14(18)10-3-5-11(15)6-4-10/h2-8,17H,1H3,(H,16,18). The first-order valence-corrected chi connectivity index (χ1v) is 6.22. The molecule has 0 aliphatic carbocycles. The summed E-state index contributed by atoms with van der Waals surface area (Å²) in [4.78, 5) is 11.9. The lowest BCUT2D eigenvalue weighted by molar-refractivity contribution is 0.102. The molecule has 0 aliphatic rings. The lowest BCUT2D eigenvalue weighted by atomic mass is 10.2. The Kier molecular flexibility index (Phi) is 3.67. The zero-order chi connectivity index (χ0) is 13.1. The molecule has 2 aromatic carbocycles. The van der Waals surface area contributed by atoms with E-state index in [4.69, 9.17) is 0 Å². The molecule has 0 fully saturated rings. The number of anilines is 1. The third-order valence-corrected chi connectivity index (χ3v) is 3.10. The Morgan fingerprint density at radius 3 is 2.44 bits per heavy atom. The molecule has 0 radical (unpaired) electrons. The first-order valence-electron chi connectivity index (χ1n) is 5.43. The Labute approximate surface area is 114 Å². The van der Waals surface area contributed by atoms with Gasteiger partial charge in [0.25, 0.3) is 5.91 Å². The zero-order valence-electron chi connectivity index (χ0n) is 9.77. The fourth-order valence-corrected chi connectivity index (χ4v) is 1.76. The quantitative estimate of drug-likeness (QED) is 0.888. The van der Waals surface area contributed by atoms with E-state index in [1.807, 2.05) is 12.1 Å². The first kappa shape index (κ1) is 12.6. The van der Waals surface area contributed by atoms with Gasteiger partial charge in [-0.1, -0.05) is 22.0 Å². The molecule has 18 heavy (non-hydrogen) atoms. The molecule has 0 heterocycles. The van der Waals surface area contributed by atoms with Gasteiger partial charge in [0.15, 0.2) is 0 Å². The van der Waals surface area contributed by atoms with Crippen LogP contribution >= 0.6 is 15.9 Å². The van der Waals surface area contributed by atoms with Gasteiger partial charge in [0, 0.05) is 21.8 Å². The molecule has 0 atom stereocenters. The van der Waals surface area contributed by atoms with E-state index in [1.54, 1.807) is 31.2 Å². The molecule has 2 aromatic rings. The maximum Gasteiger partial charge on any atom is 0.255 e. The number of aryl methyl sites for hydroxylation is 1. The normalized spacial score (nSPS) is 10.1. The average molecular weight is 306 g/mol. The second-order valence-electron chi connectivity index (χ2n) is 3.96. The van der Waals surface area contributed by atoms with E-state index in [0.717, 1.165) is 10.0 Å². The van der Waals surface area contributed by atoms with Crippen LogP contribution in [0.4, 0.5) is 5.69 Å². The molecule has 0 bridgehead atoms. The minimum absolute atomic E-state index is 0.170. The smallest absolute Gasteiger partial charge is 0.255 e. The van der Waals surface area contributed by atoms with Gasteiger partial charge >= 0.3 is 0 Å². The summed E-state index contributed by atoms with van der Waals surface area (Å²) < 4.78 is 0.923. The minimum atomic E-state index is -0.203. The van der Waals surface area contributed by atoms with E-state index in [9.17, 15) is 9.90 Å². The van der Waals surface area contributed by atoms with Crippen molar-refractivity contribution in [3.05, 3.63) is 58.1 Å². The molecular weight excluding hydrogens is 294 g/mol. The number of amides is 1.